The van der Waals surface area contributed by atoms with Gasteiger partial charge in [-0.15, -0.1) is 0 Å². The zero-order valence-corrected chi connectivity index (χ0v) is 14.7. The van der Waals surface area contributed by atoms with Crippen molar-refractivity contribution in [1.82, 2.24) is 14.9 Å². The van der Waals surface area contributed by atoms with Crippen LogP contribution in [0.3, 0.4) is 0 Å². The van der Waals surface area contributed by atoms with Gasteiger partial charge < -0.3 is 10.1 Å². The van der Waals surface area contributed by atoms with Crippen molar-refractivity contribution in [3.63, 3.8) is 0 Å². The third kappa shape index (κ3) is 4.17. The van der Waals surface area contributed by atoms with Gasteiger partial charge in [0.05, 0.1) is 12.2 Å². The molecule has 1 aromatic heterocycles. The summed E-state index contributed by atoms with van der Waals surface area (Å²) in [6.07, 6.45) is 8.91. The van der Waals surface area contributed by atoms with Gasteiger partial charge in [-0.05, 0) is 18.4 Å². The first kappa shape index (κ1) is 16.5. The summed E-state index contributed by atoms with van der Waals surface area (Å²) in [5.41, 5.74) is 2.52. The molecule has 0 radical (unpaired) electrons. The standard InChI is InChI=1S/C20H26N4O/c1-2-6-17(7-3-1)12-21-19-22-13-18(14-23-19)15-24-10-11-25-20(16-24)8-4-5-9-20/h1-3,6-7,13-14H,4-5,8-12,15-16H2,(H,21,22,23). The predicted octanol–water partition coefficient (Wildman–Crippen LogP) is 3.23. The Hall–Kier alpha value is -1.98. The fourth-order valence-electron chi connectivity index (χ4n) is 3.94. The molecule has 0 bridgehead atoms. The molecule has 0 unspecified atom stereocenters. The molecule has 4 rings (SSSR count). The number of aromatic nitrogens is 2. The van der Waals surface area contributed by atoms with Crippen molar-refractivity contribution in [2.75, 3.05) is 25.0 Å². The Morgan fingerprint density at radius 2 is 1.80 bits per heavy atom. The first-order valence-corrected chi connectivity index (χ1v) is 9.26. The van der Waals surface area contributed by atoms with Crippen LogP contribution in [0.1, 0.15) is 36.8 Å². The highest BCUT2D eigenvalue weighted by molar-refractivity contribution is 5.27. The molecule has 1 N–H and O–H groups in total. The van der Waals surface area contributed by atoms with Crippen LogP contribution in [0.4, 0.5) is 5.95 Å². The van der Waals surface area contributed by atoms with Crippen LogP contribution in [-0.2, 0) is 17.8 Å². The number of anilines is 1. The maximum Gasteiger partial charge on any atom is 0.222 e. The minimum atomic E-state index is 0.121. The average molecular weight is 338 g/mol. The molecule has 2 aromatic rings. The van der Waals surface area contributed by atoms with Crippen LogP contribution in [0.5, 0.6) is 0 Å². The van der Waals surface area contributed by atoms with Crippen LogP contribution >= 0.6 is 0 Å². The fourth-order valence-corrected chi connectivity index (χ4v) is 3.94. The largest absolute Gasteiger partial charge is 0.372 e. The second-order valence-electron chi connectivity index (χ2n) is 7.20. The SMILES string of the molecule is c1ccc(CNc2ncc(CN3CCOC4(CCCC4)C3)cn2)cc1. The number of hydrogen-bond acceptors (Lipinski definition) is 5. The molecule has 1 saturated carbocycles. The van der Waals surface area contributed by atoms with Crippen molar-refractivity contribution in [2.24, 2.45) is 0 Å². The minimum absolute atomic E-state index is 0.121. The minimum Gasteiger partial charge on any atom is -0.372 e. The van der Waals surface area contributed by atoms with E-state index in [-0.39, 0.29) is 5.60 Å². The lowest BCUT2D eigenvalue weighted by molar-refractivity contribution is -0.107. The molecule has 5 heteroatoms. The quantitative estimate of drug-likeness (QED) is 0.907. The molecule has 1 aliphatic heterocycles. The molecular formula is C20H26N4O. The first-order chi connectivity index (χ1) is 12.3. The van der Waals surface area contributed by atoms with Crippen molar-refractivity contribution in [3.05, 3.63) is 53.9 Å². The summed E-state index contributed by atoms with van der Waals surface area (Å²) in [6.45, 7) is 4.53. The highest BCUT2D eigenvalue weighted by Gasteiger charge is 2.39. The second-order valence-corrected chi connectivity index (χ2v) is 7.20. The van der Waals surface area contributed by atoms with E-state index in [1.54, 1.807) is 0 Å². The molecule has 132 valence electrons. The number of benzene rings is 1. The number of nitrogens with zero attached hydrogens (tertiary/aromatic N) is 3. The van der Waals surface area contributed by atoms with Crippen LogP contribution in [-0.4, -0.2) is 40.2 Å². The van der Waals surface area contributed by atoms with Crippen molar-refractivity contribution in [2.45, 2.75) is 44.4 Å². The maximum absolute atomic E-state index is 6.10. The van der Waals surface area contributed by atoms with Gasteiger partial charge in [0.15, 0.2) is 0 Å². The van der Waals surface area contributed by atoms with E-state index in [2.05, 4.69) is 32.3 Å². The molecule has 2 aliphatic rings. The molecule has 2 fully saturated rings. The van der Waals surface area contributed by atoms with E-state index in [1.807, 2.05) is 30.6 Å². The van der Waals surface area contributed by atoms with Crippen molar-refractivity contribution in [1.29, 1.82) is 0 Å². The maximum atomic E-state index is 6.10. The summed E-state index contributed by atoms with van der Waals surface area (Å²) in [7, 11) is 0. The lowest BCUT2D eigenvalue weighted by Gasteiger charge is -2.40. The number of morpholine rings is 1. The molecular weight excluding hydrogens is 312 g/mol. The molecule has 5 nitrogen and oxygen atoms in total. The summed E-state index contributed by atoms with van der Waals surface area (Å²) in [4.78, 5) is 11.4. The Bertz CT molecular complexity index is 668. The normalized spacial score (nSPS) is 20.0. The smallest absolute Gasteiger partial charge is 0.222 e. The van der Waals surface area contributed by atoms with Gasteiger partial charge in [-0.25, -0.2) is 9.97 Å². The summed E-state index contributed by atoms with van der Waals surface area (Å²) >= 11 is 0. The fraction of sp³-hybridized carbons (Fsp3) is 0.500. The third-order valence-corrected chi connectivity index (χ3v) is 5.25. The summed E-state index contributed by atoms with van der Waals surface area (Å²) in [5, 5.41) is 3.28. The molecule has 1 saturated heterocycles. The van der Waals surface area contributed by atoms with Gasteiger partial charge in [-0.1, -0.05) is 43.2 Å². The van der Waals surface area contributed by atoms with Crippen LogP contribution in [0.2, 0.25) is 0 Å². The van der Waals surface area contributed by atoms with E-state index < -0.39 is 0 Å². The average Bonchev–Trinajstić information content (AvgIpc) is 3.09. The van der Waals surface area contributed by atoms with E-state index in [4.69, 9.17) is 4.74 Å². The monoisotopic (exact) mass is 338 g/mol. The summed E-state index contributed by atoms with van der Waals surface area (Å²) in [6, 6.07) is 10.3. The number of rotatable bonds is 5. The van der Waals surface area contributed by atoms with Gasteiger partial charge in [0, 0.05) is 44.1 Å². The van der Waals surface area contributed by atoms with Gasteiger partial charge in [0.25, 0.3) is 0 Å². The molecule has 1 aromatic carbocycles. The molecule has 1 spiro atoms. The molecule has 0 atom stereocenters. The van der Waals surface area contributed by atoms with Crippen molar-refractivity contribution < 1.29 is 4.74 Å². The van der Waals surface area contributed by atoms with Gasteiger partial charge >= 0.3 is 0 Å². The van der Waals surface area contributed by atoms with E-state index in [1.165, 1.54) is 36.8 Å². The third-order valence-electron chi connectivity index (χ3n) is 5.25. The van der Waals surface area contributed by atoms with Gasteiger partial charge in [-0.3, -0.25) is 4.90 Å². The predicted molar refractivity (Wildman–Crippen MR) is 98.2 cm³/mol. The molecule has 0 amide bonds. The van der Waals surface area contributed by atoms with Crippen LogP contribution in [0.25, 0.3) is 0 Å². The first-order valence-electron chi connectivity index (χ1n) is 9.26. The molecule has 25 heavy (non-hydrogen) atoms. The van der Waals surface area contributed by atoms with Gasteiger partial charge in [0.2, 0.25) is 5.95 Å². The zero-order chi connectivity index (χ0) is 17.0. The van der Waals surface area contributed by atoms with E-state index in [0.717, 1.165) is 32.8 Å². The highest BCUT2D eigenvalue weighted by Crippen LogP contribution is 2.36. The van der Waals surface area contributed by atoms with E-state index >= 15 is 0 Å². The Morgan fingerprint density at radius 1 is 1.04 bits per heavy atom. The van der Waals surface area contributed by atoms with Crippen molar-refractivity contribution in [3.8, 4) is 0 Å². The second kappa shape index (κ2) is 7.50. The Morgan fingerprint density at radius 3 is 2.56 bits per heavy atom. The Kier molecular flexibility index (Phi) is 4.95. The number of nitrogens with one attached hydrogen (secondary N) is 1. The molecule has 1 aliphatic carbocycles. The Labute approximate surface area is 149 Å². The van der Waals surface area contributed by atoms with Crippen LogP contribution in [0, 0.1) is 0 Å². The number of ether oxygens (including phenoxy) is 1. The van der Waals surface area contributed by atoms with Crippen LogP contribution < -0.4 is 5.32 Å². The van der Waals surface area contributed by atoms with E-state index in [9.17, 15) is 0 Å². The molecule has 2 heterocycles. The topological polar surface area (TPSA) is 50.3 Å². The number of hydrogen-bond donors (Lipinski definition) is 1. The lowest BCUT2D eigenvalue weighted by atomic mass is 9.99. The van der Waals surface area contributed by atoms with Gasteiger partial charge in [0.1, 0.15) is 0 Å². The lowest BCUT2D eigenvalue weighted by Crippen LogP contribution is -2.49. The van der Waals surface area contributed by atoms with Crippen LogP contribution in [0.15, 0.2) is 42.7 Å². The van der Waals surface area contributed by atoms with Crippen molar-refractivity contribution >= 4 is 5.95 Å². The van der Waals surface area contributed by atoms with E-state index in [0.29, 0.717) is 5.95 Å². The highest BCUT2D eigenvalue weighted by atomic mass is 16.5. The Balaban J connectivity index is 1.31. The summed E-state index contributed by atoms with van der Waals surface area (Å²) < 4.78 is 6.10. The zero-order valence-electron chi connectivity index (χ0n) is 14.7. The van der Waals surface area contributed by atoms with Gasteiger partial charge in [-0.2, -0.15) is 0 Å². The summed E-state index contributed by atoms with van der Waals surface area (Å²) in [5.74, 6) is 0.682.